The molecule has 0 fully saturated rings. The summed E-state index contributed by atoms with van der Waals surface area (Å²) in [4.78, 5) is 4.90. The van der Waals surface area contributed by atoms with Crippen LogP contribution in [0.5, 0.6) is 5.75 Å². The van der Waals surface area contributed by atoms with Gasteiger partial charge in [-0.3, -0.25) is 0 Å². The Labute approximate surface area is 146 Å². The van der Waals surface area contributed by atoms with Crippen molar-refractivity contribution in [3.05, 3.63) is 29.8 Å². The minimum Gasteiger partial charge on any atom is -0.360 e. The Morgan fingerprint density at radius 2 is 1.58 bits per heavy atom. The summed E-state index contributed by atoms with van der Waals surface area (Å²) < 4.78 is 33.0. The molecule has 0 aliphatic heterocycles. The second kappa shape index (κ2) is 11.4. The van der Waals surface area contributed by atoms with Crippen LogP contribution in [0.2, 0.25) is 0 Å². The van der Waals surface area contributed by atoms with Crippen molar-refractivity contribution in [1.82, 2.24) is 0 Å². The maximum atomic E-state index is 11.7. The summed E-state index contributed by atoms with van der Waals surface area (Å²) in [5.41, 5.74) is 0.151. The van der Waals surface area contributed by atoms with Gasteiger partial charge in [-0.1, -0.05) is 55.5 Å². The highest BCUT2D eigenvalue weighted by Gasteiger charge is 2.24. The molecule has 1 aromatic carbocycles. The van der Waals surface area contributed by atoms with Crippen LogP contribution >= 0.6 is 0 Å². The molecule has 6 heteroatoms. The quantitative estimate of drug-likeness (QED) is 0.293. The normalized spacial score (nSPS) is 13.0. The predicted molar refractivity (Wildman–Crippen MR) is 95.2 cm³/mol. The summed E-state index contributed by atoms with van der Waals surface area (Å²) in [5.74, 6) is 0.356. The molecule has 0 N–H and O–H groups in total. The van der Waals surface area contributed by atoms with Crippen molar-refractivity contribution in [3.8, 4) is 5.75 Å². The van der Waals surface area contributed by atoms with Crippen molar-refractivity contribution >= 4 is 10.1 Å². The van der Waals surface area contributed by atoms with Gasteiger partial charge < -0.3 is 9.62 Å². The van der Waals surface area contributed by atoms with E-state index in [0.29, 0.717) is 5.75 Å². The van der Waals surface area contributed by atoms with Crippen molar-refractivity contribution in [2.24, 2.45) is 0 Å². The molecule has 1 aromatic rings. The third-order valence-electron chi connectivity index (χ3n) is 3.78. The fraction of sp³-hybridized carbons (Fsp3) is 0.667. The Balaban J connectivity index is 2.34. The van der Waals surface area contributed by atoms with E-state index in [0.717, 1.165) is 6.42 Å². The molecule has 0 spiro atoms. The van der Waals surface area contributed by atoms with Crippen molar-refractivity contribution in [2.45, 2.75) is 71.2 Å². The van der Waals surface area contributed by atoms with Crippen LogP contribution in [0.15, 0.2) is 24.3 Å². The monoisotopic (exact) mass is 358 g/mol. The van der Waals surface area contributed by atoms with E-state index in [2.05, 4.69) is 11.3 Å². The number of hydrogen-bond donors (Lipinski definition) is 0. The first-order valence-electron chi connectivity index (χ1n) is 8.80. The Kier molecular flexibility index (Phi) is 9.98. The van der Waals surface area contributed by atoms with Gasteiger partial charge in [-0.2, -0.15) is 8.42 Å². The lowest BCUT2D eigenvalue weighted by atomic mass is 10.1. The molecule has 0 aliphatic carbocycles. The molecule has 0 bridgehead atoms. The molecule has 138 valence electrons. The van der Waals surface area contributed by atoms with Gasteiger partial charge in [0.05, 0.1) is 0 Å². The number of ether oxygens (including phenoxy) is 1. The van der Waals surface area contributed by atoms with E-state index < -0.39 is 15.6 Å². The van der Waals surface area contributed by atoms with E-state index in [-0.39, 0.29) is 6.61 Å². The number of rotatable bonds is 13. The van der Waals surface area contributed by atoms with Crippen LogP contribution in [0.25, 0.3) is 0 Å². The highest BCUT2D eigenvalue weighted by Crippen LogP contribution is 2.17. The van der Waals surface area contributed by atoms with E-state index in [1.165, 1.54) is 51.0 Å². The fourth-order valence-corrected chi connectivity index (χ4v) is 2.87. The minimum atomic E-state index is -3.90. The number of aryl methyl sites for hydroxylation is 1. The van der Waals surface area contributed by atoms with Crippen molar-refractivity contribution in [3.63, 3.8) is 0 Å². The first-order valence-corrected chi connectivity index (χ1v) is 10.3. The van der Waals surface area contributed by atoms with E-state index in [9.17, 15) is 8.42 Å². The Hall–Kier alpha value is -1.11. The minimum absolute atomic E-state index is 0.289. The molecule has 1 rings (SSSR count). The molecule has 0 aliphatic rings. The molecule has 0 amide bonds. The van der Waals surface area contributed by atoms with Crippen LogP contribution in [0.1, 0.15) is 64.9 Å². The Bertz CT molecular complexity index is 539. The van der Waals surface area contributed by atoms with Gasteiger partial charge in [0.15, 0.2) is 11.2 Å². The zero-order valence-electron chi connectivity index (χ0n) is 15.0. The fourth-order valence-electron chi connectivity index (χ4n) is 2.28. The van der Waals surface area contributed by atoms with Gasteiger partial charge in [0.25, 0.3) is 0 Å². The van der Waals surface area contributed by atoms with Crippen molar-refractivity contribution < 1.29 is 22.4 Å². The molecule has 0 aromatic heterocycles. The smallest absolute Gasteiger partial charge is 0.329 e. The molecule has 0 heterocycles. The molecular weight excluding hydrogens is 328 g/mol. The molecule has 0 saturated heterocycles. The van der Waals surface area contributed by atoms with E-state index in [4.69, 9.17) is 9.62 Å². The average molecular weight is 359 g/mol. The van der Waals surface area contributed by atoms with Crippen LogP contribution in [0, 0.1) is 0 Å². The van der Waals surface area contributed by atoms with Crippen LogP contribution in [0.4, 0.5) is 0 Å². The molecule has 24 heavy (non-hydrogen) atoms. The Morgan fingerprint density at radius 1 is 0.958 bits per heavy atom. The van der Waals surface area contributed by atoms with Gasteiger partial charge in [0.1, 0.15) is 0 Å². The maximum Gasteiger partial charge on any atom is 0.329 e. The van der Waals surface area contributed by atoms with Gasteiger partial charge in [0.2, 0.25) is 0 Å². The van der Waals surface area contributed by atoms with Gasteiger partial charge in [-0.25, -0.2) is 0 Å². The van der Waals surface area contributed by atoms with Crippen LogP contribution < -0.4 is 4.89 Å². The third-order valence-corrected chi connectivity index (χ3v) is 4.98. The topological polar surface area (TPSA) is 61.8 Å². The SMILES string of the molecule is CCCCCCCCc1ccc(OOS(=O)(=O)C(C)OCC)cc1. The number of benzene rings is 1. The molecule has 0 saturated carbocycles. The largest absolute Gasteiger partial charge is 0.360 e. The summed E-state index contributed by atoms with van der Waals surface area (Å²) in [5, 5.41) is 0. The molecular formula is C18H30O5S. The molecule has 1 unspecified atom stereocenters. The van der Waals surface area contributed by atoms with E-state index in [1.807, 2.05) is 12.1 Å². The summed E-state index contributed by atoms with van der Waals surface area (Å²) in [6.07, 6.45) is 8.62. The summed E-state index contributed by atoms with van der Waals surface area (Å²) in [7, 11) is -3.90. The number of unbranched alkanes of at least 4 members (excludes halogenated alkanes) is 5. The van der Waals surface area contributed by atoms with Crippen LogP contribution in [0.3, 0.4) is 0 Å². The summed E-state index contributed by atoms with van der Waals surface area (Å²) >= 11 is 0. The van der Waals surface area contributed by atoms with E-state index in [1.54, 1.807) is 19.1 Å². The maximum absolute atomic E-state index is 11.7. The lowest BCUT2D eigenvalue weighted by molar-refractivity contribution is -0.0988. The Morgan fingerprint density at radius 3 is 2.21 bits per heavy atom. The second-order valence-corrected chi connectivity index (χ2v) is 7.61. The van der Waals surface area contributed by atoms with E-state index >= 15 is 0 Å². The standard InChI is InChI=1S/C18H30O5S/c1-4-6-7-8-9-10-11-17-12-14-18(15-13-17)22-23-24(19,20)16(3)21-5-2/h12-16H,4-11H2,1-3H3. The van der Waals surface area contributed by atoms with Crippen molar-refractivity contribution in [1.29, 1.82) is 0 Å². The van der Waals surface area contributed by atoms with Gasteiger partial charge in [-0.15, -0.1) is 0 Å². The second-order valence-electron chi connectivity index (χ2n) is 5.83. The first-order chi connectivity index (χ1) is 11.5. The average Bonchev–Trinajstić information content (AvgIpc) is 2.57. The first kappa shape index (κ1) is 20.9. The van der Waals surface area contributed by atoms with Crippen LogP contribution in [-0.2, 0) is 25.6 Å². The molecule has 1 atom stereocenters. The lowest BCUT2D eigenvalue weighted by Gasteiger charge is -2.12. The number of hydrogen-bond acceptors (Lipinski definition) is 5. The third kappa shape index (κ3) is 8.13. The molecule has 0 radical (unpaired) electrons. The molecule has 5 nitrogen and oxygen atoms in total. The zero-order valence-corrected chi connectivity index (χ0v) is 15.8. The lowest BCUT2D eigenvalue weighted by Crippen LogP contribution is -2.24. The van der Waals surface area contributed by atoms with Gasteiger partial charge in [0, 0.05) is 6.61 Å². The predicted octanol–water partition coefficient (Wildman–Crippen LogP) is 4.61. The van der Waals surface area contributed by atoms with Gasteiger partial charge >= 0.3 is 10.1 Å². The summed E-state index contributed by atoms with van der Waals surface area (Å²) in [6, 6.07) is 7.30. The van der Waals surface area contributed by atoms with Crippen LogP contribution in [-0.4, -0.2) is 20.5 Å². The van der Waals surface area contributed by atoms with Gasteiger partial charge in [-0.05, 0) is 44.4 Å². The van der Waals surface area contributed by atoms with Crippen molar-refractivity contribution in [2.75, 3.05) is 6.61 Å². The highest BCUT2D eigenvalue weighted by molar-refractivity contribution is 7.87. The zero-order chi connectivity index (χ0) is 17.8. The highest BCUT2D eigenvalue weighted by atomic mass is 32.2. The summed E-state index contributed by atoms with van der Waals surface area (Å²) in [6.45, 7) is 5.63.